The lowest BCUT2D eigenvalue weighted by molar-refractivity contribution is -0.133. The average Bonchev–Trinajstić information content (AvgIpc) is 2.12. The molecule has 0 aromatic heterocycles. The van der Waals surface area contributed by atoms with E-state index in [4.69, 9.17) is 0 Å². The van der Waals surface area contributed by atoms with E-state index in [1.807, 2.05) is 0 Å². The van der Waals surface area contributed by atoms with E-state index in [1.54, 1.807) is 0 Å². The van der Waals surface area contributed by atoms with Gasteiger partial charge in [-0.25, -0.2) is 0 Å². The fourth-order valence-corrected chi connectivity index (χ4v) is 2.26. The van der Waals surface area contributed by atoms with Gasteiger partial charge in [0.1, 0.15) is 6.29 Å². The van der Waals surface area contributed by atoms with Crippen molar-refractivity contribution >= 4 is 25.2 Å². The fourth-order valence-electron chi connectivity index (χ4n) is 2.17. The number of carbonyl (C=O) groups excluding carboxylic acids is 2. The third kappa shape index (κ3) is 6.88. The molecule has 0 radical (unpaired) electrons. The Morgan fingerprint density at radius 2 is 1.81 bits per heavy atom. The molecule has 0 spiro atoms. The topological polar surface area (TPSA) is 43.4 Å². The summed E-state index contributed by atoms with van der Waals surface area (Å²) in [7, 11) is 0. The van der Waals surface area contributed by atoms with E-state index >= 15 is 0 Å². The van der Waals surface area contributed by atoms with Crippen LogP contribution in [0.15, 0.2) is 0 Å². The van der Waals surface area contributed by atoms with E-state index in [0.29, 0.717) is 12.8 Å². The van der Waals surface area contributed by atoms with Gasteiger partial charge in [0.25, 0.3) is 0 Å². The van der Waals surface area contributed by atoms with Gasteiger partial charge in [0.15, 0.2) is 0 Å². The van der Waals surface area contributed by atoms with Crippen LogP contribution in [0.5, 0.6) is 0 Å². The molecule has 0 aliphatic rings. The Hall–Kier alpha value is -0.510. The summed E-state index contributed by atoms with van der Waals surface area (Å²) in [5.74, 6) is -0.301. The van der Waals surface area contributed by atoms with Crippen LogP contribution >= 0.6 is 12.9 Å². The third-order valence-corrected chi connectivity index (χ3v) is 2.90. The molecule has 3 nitrogen and oxygen atoms in total. The Morgan fingerprint density at radius 3 is 2.25 bits per heavy atom. The highest BCUT2D eigenvalue weighted by Gasteiger charge is 2.29. The molecule has 0 aromatic carbocycles. The van der Waals surface area contributed by atoms with Crippen molar-refractivity contribution in [1.29, 1.82) is 0 Å². The first-order chi connectivity index (χ1) is 7.22. The first kappa shape index (κ1) is 15.5. The van der Waals surface area contributed by atoms with Crippen molar-refractivity contribution < 1.29 is 13.8 Å². The molecule has 0 amide bonds. The molecule has 4 heteroatoms. The van der Waals surface area contributed by atoms with Gasteiger partial charge in [0.05, 0.1) is 0 Å². The van der Waals surface area contributed by atoms with Gasteiger partial charge >= 0.3 is 5.97 Å². The smallest absolute Gasteiger partial charge is 0.317 e. The van der Waals surface area contributed by atoms with Crippen molar-refractivity contribution in [1.82, 2.24) is 0 Å². The minimum atomic E-state index is -0.301. The van der Waals surface area contributed by atoms with Crippen LogP contribution in [0, 0.1) is 10.8 Å². The summed E-state index contributed by atoms with van der Waals surface area (Å²) in [6, 6.07) is 0. The molecule has 0 unspecified atom stereocenters. The first-order valence-corrected chi connectivity index (χ1v) is 5.87. The van der Waals surface area contributed by atoms with E-state index in [1.165, 1.54) is 0 Å². The van der Waals surface area contributed by atoms with Crippen LogP contribution in [0.4, 0.5) is 0 Å². The predicted octanol–water partition coefficient (Wildman–Crippen LogP) is 3.19. The van der Waals surface area contributed by atoms with Crippen molar-refractivity contribution in [3.8, 4) is 0 Å². The Kier molecular flexibility index (Phi) is 6.08. The standard InChI is InChI=1S/C12H22O3S/c1-11(2,6-5-10(14)15-16)9-12(3,4)7-8-13/h8,16H,5-7,9H2,1-4H3. The summed E-state index contributed by atoms with van der Waals surface area (Å²) in [5.41, 5.74) is 0.00456. The highest BCUT2D eigenvalue weighted by molar-refractivity contribution is 7.75. The second kappa shape index (κ2) is 6.28. The first-order valence-electron chi connectivity index (χ1n) is 5.50. The molecule has 16 heavy (non-hydrogen) atoms. The zero-order valence-electron chi connectivity index (χ0n) is 10.6. The summed E-state index contributed by atoms with van der Waals surface area (Å²) in [5, 5.41) is 0. The molecule has 0 bridgehead atoms. The van der Waals surface area contributed by atoms with Gasteiger partial charge in [0, 0.05) is 25.8 Å². The summed E-state index contributed by atoms with van der Waals surface area (Å²) in [6.45, 7) is 8.34. The number of aldehydes is 1. The minimum absolute atomic E-state index is 0.0177. The number of thiol groups is 1. The second-order valence-electron chi connectivity index (χ2n) is 5.84. The highest BCUT2D eigenvalue weighted by atomic mass is 32.1. The lowest BCUT2D eigenvalue weighted by Gasteiger charge is -2.33. The van der Waals surface area contributed by atoms with Crippen molar-refractivity contribution in [2.45, 2.75) is 53.4 Å². The zero-order valence-corrected chi connectivity index (χ0v) is 11.5. The molecule has 0 N–H and O–H groups in total. The molecule has 94 valence electrons. The maximum absolute atomic E-state index is 11.0. The van der Waals surface area contributed by atoms with Gasteiger partial charge in [-0.3, -0.25) is 4.79 Å². The molecule has 0 rings (SSSR count). The van der Waals surface area contributed by atoms with Crippen LogP contribution in [0.3, 0.4) is 0 Å². The number of rotatable bonds is 7. The van der Waals surface area contributed by atoms with Crippen molar-refractivity contribution in [2.75, 3.05) is 0 Å². The van der Waals surface area contributed by atoms with Gasteiger partial charge < -0.3 is 8.98 Å². The Bertz CT molecular complexity index is 247. The maximum Gasteiger partial charge on any atom is 0.317 e. The van der Waals surface area contributed by atoms with Crippen LogP contribution in [-0.4, -0.2) is 12.3 Å². The Balaban J connectivity index is 4.22. The van der Waals surface area contributed by atoms with Gasteiger partial charge in [-0.1, -0.05) is 27.7 Å². The van der Waals surface area contributed by atoms with Gasteiger partial charge in [0.2, 0.25) is 0 Å². The molecular weight excluding hydrogens is 224 g/mol. The van der Waals surface area contributed by atoms with Crippen molar-refractivity contribution in [3.63, 3.8) is 0 Å². The van der Waals surface area contributed by atoms with E-state index in [-0.39, 0.29) is 16.8 Å². The summed E-state index contributed by atoms with van der Waals surface area (Å²) >= 11 is 3.47. The number of carbonyl (C=O) groups is 2. The Morgan fingerprint density at radius 1 is 1.25 bits per heavy atom. The quantitative estimate of drug-likeness (QED) is 0.426. The van der Waals surface area contributed by atoms with E-state index in [9.17, 15) is 9.59 Å². The van der Waals surface area contributed by atoms with Crippen LogP contribution in [0.25, 0.3) is 0 Å². The number of hydrogen-bond donors (Lipinski definition) is 1. The van der Waals surface area contributed by atoms with Crippen molar-refractivity contribution in [2.24, 2.45) is 10.8 Å². The lowest BCUT2D eigenvalue weighted by Crippen LogP contribution is -2.24. The maximum atomic E-state index is 11.0. The van der Waals surface area contributed by atoms with Crippen LogP contribution in [0.1, 0.15) is 53.4 Å². The van der Waals surface area contributed by atoms with Gasteiger partial charge in [-0.05, 0) is 23.7 Å². The molecule has 0 heterocycles. The normalized spacial score (nSPS) is 12.3. The average molecular weight is 246 g/mol. The zero-order chi connectivity index (χ0) is 12.8. The van der Waals surface area contributed by atoms with Crippen molar-refractivity contribution in [3.05, 3.63) is 0 Å². The fraction of sp³-hybridized carbons (Fsp3) is 0.833. The molecule has 0 aliphatic carbocycles. The molecule has 0 saturated heterocycles. The summed E-state index contributed by atoms with van der Waals surface area (Å²) in [6.07, 6.45) is 3.52. The molecule has 0 aliphatic heterocycles. The SMILES string of the molecule is CC(C)(CC=O)CC(C)(C)CCC(=O)OS. The monoisotopic (exact) mass is 246 g/mol. The lowest BCUT2D eigenvalue weighted by atomic mass is 9.71. The van der Waals surface area contributed by atoms with E-state index in [2.05, 4.69) is 44.8 Å². The minimum Gasteiger partial charge on any atom is -0.395 e. The molecule has 0 saturated carbocycles. The van der Waals surface area contributed by atoms with Crippen LogP contribution < -0.4 is 0 Å². The predicted molar refractivity (Wildman–Crippen MR) is 67.2 cm³/mol. The molecule has 0 fully saturated rings. The van der Waals surface area contributed by atoms with Crippen LogP contribution in [0.2, 0.25) is 0 Å². The highest BCUT2D eigenvalue weighted by Crippen LogP contribution is 2.38. The van der Waals surface area contributed by atoms with Gasteiger partial charge in [-0.2, -0.15) is 0 Å². The van der Waals surface area contributed by atoms with E-state index < -0.39 is 0 Å². The largest absolute Gasteiger partial charge is 0.395 e. The molecular formula is C12H22O3S. The Labute approximate surface area is 104 Å². The third-order valence-electron chi connectivity index (χ3n) is 2.70. The molecule has 0 aromatic rings. The van der Waals surface area contributed by atoms with E-state index in [0.717, 1.165) is 19.1 Å². The van der Waals surface area contributed by atoms with Crippen LogP contribution in [-0.2, 0) is 13.8 Å². The summed E-state index contributed by atoms with van der Waals surface area (Å²) < 4.78 is 4.32. The summed E-state index contributed by atoms with van der Waals surface area (Å²) in [4.78, 5) is 21.5. The molecule has 0 atom stereocenters. The number of hydrogen-bond acceptors (Lipinski definition) is 4. The van der Waals surface area contributed by atoms with Gasteiger partial charge in [-0.15, -0.1) is 0 Å². The second-order valence-corrected chi connectivity index (χ2v) is 6.02.